The number of hydrogen-bond donors (Lipinski definition) is 5. The van der Waals surface area contributed by atoms with Gasteiger partial charge in [0.15, 0.2) is 0 Å². The first-order chi connectivity index (χ1) is 12.5. The number of nitrogens with one attached hydrogen (secondary N) is 5. The molecule has 0 bridgehead atoms. The highest BCUT2D eigenvalue weighted by atomic mass is 16.5. The van der Waals surface area contributed by atoms with Gasteiger partial charge in [-0.2, -0.15) is 0 Å². The molecule has 4 fully saturated rings. The second-order valence-corrected chi connectivity index (χ2v) is 6.84. The second-order valence-electron chi connectivity index (χ2n) is 6.84. The van der Waals surface area contributed by atoms with Gasteiger partial charge in [-0.3, -0.25) is 0 Å². The fourth-order valence-electron chi connectivity index (χ4n) is 2.90. The quantitative estimate of drug-likeness (QED) is 0.440. The number of rotatable bonds is 0. The minimum atomic E-state index is 0.889. The fourth-order valence-corrected chi connectivity index (χ4v) is 2.90. The Bertz CT molecular complexity index is 161. The van der Waals surface area contributed by atoms with Gasteiger partial charge in [-0.25, -0.2) is 0 Å². The SMILES string of the molecule is C1CCCNCC1.C1CCNCC1.C1CNCCN1.C1COCCN1. The smallest absolute Gasteiger partial charge is 0.0591 e. The lowest BCUT2D eigenvalue weighted by Crippen LogP contribution is -2.39. The normalized spacial score (nSPS) is 24.0. The Morgan fingerprint density at radius 1 is 0.320 bits per heavy atom. The number of morpholine rings is 1. The number of piperazine rings is 1. The van der Waals surface area contributed by atoms with Crippen LogP contribution in [-0.2, 0) is 4.74 Å². The van der Waals surface area contributed by atoms with E-state index in [2.05, 4.69) is 26.6 Å². The Hall–Kier alpha value is -0.240. The summed E-state index contributed by atoms with van der Waals surface area (Å²) in [7, 11) is 0. The Morgan fingerprint density at radius 3 is 0.880 bits per heavy atom. The van der Waals surface area contributed by atoms with Gasteiger partial charge in [-0.1, -0.05) is 19.3 Å². The van der Waals surface area contributed by atoms with Crippen LogP contribution in [0.2, 0.25) is 0 Å². The van der Waals surface area contributed by atoms with Gasteiger partial charge in [0.2, 0.25) is 0 Å². The number of ether oxygens (including phenoxy) is 1. The van der Waals surface area contributed by atoms with Crippen molar-refractivity contribution < 1.29 is 4.74 Å². The summed E-state index contributed by atoms with van der Waals surface area (Å²) in [4.78, 5) is 0. The summed E-state index contributed by atoms with van der Waals surface area (Å²) in [5, 5.41) is 16.2. The highest BCUT2D eigenvalue weighted by Gasteiger charge is 1.95. The molecule has 0 spiro atoms. The van der Waals surface area contributed by atoms with Gasteiger partial charge in [0.1, 0.15) is 0 Å². The van der Waals surface area contributed by atoms with E-state index >= 15 is 0 Å². The average molecular weight is 358 g/mol. The third kappa shape index (κ3) is 18.4. The van der Waals surface area contributed by atoms with Gasteiger partial charge in [0.05, 0.1) is 13.2 Å². The van der Waals surface area contributed by atoms with Gasteiger partial charge >= 0.3 is 0 Å². The van der Waals surface area contributed by atoms with E-state index in [4.69, 9.17) is 4.74 Å². The van der Waals surface area contributed by atoms with Crippen LogP contribution in [0, 0.1) is 0 Å². The Kier molecular flexibility index (Phi) is 18.3. The average Bonchev–Trinajstić information content (AvgIpc) is 3.07. The molecule has 0 aromatic heterocycles. The summed E-state index contributed by atoms with van der Waals surface area (Å²) in [5.74, 6) is 0. The molecule has 0 aromatic rings. The highest BCUT2D eigenvalue weighted by molar-refractivity contribution is 4.59. The van der Waals surface area contributed by atoms with Crippen LogP contribution in [0.3, 0.4) is 0 Å². The van der Waals surface area contributed by atoms with Crippen LogP contribution < -0.4 is 26.6 Å². The zero-order valence-electron chi connectivity index (χ0n) is 16.3. The Morgan fingerprint density at radius 2 is 0.640 bits per heavy atom. The van der Waals surface area contributed by atoms with Gasteiger partial charge in [0, 0.05) is 39.3 Å². The molecular formula is C19H43N5O. The highest BCUT2D eigenvalue weighted by Crippen LogP contribution is 2.00. The topological polar surface area (TPSA) is 69.4 Å². The van der Waals surface area contributed by atoms with E-state index in [0.717, 1.165) is 52.5 Å². The van der Waals surface area contributed by atoms with Crippen molar-refractivity contribution in [2.45, 2.75) is 44.9 Å². The van der Waals surface area contributed by atoms with Crippen LogP contribution in [0.1, 0.15) is 44.9 Å². The van der Waals surface area contributed by atoms with Crippen LogP contribution in [0.5, 0.6) is 0 Å². The summed E-state index contributed by atoms with van der Waals surface area (Å²) in [6, 6.07) is 0. The Labute approximate surface area is 155 Å². The first-order valence-electron chi connectivity index (χ1n) is 10.6. The molecule has 6 nitrogen and oxygen atoms in total. The molecule has 6 heteroatoms. The molecule has 0 aliphatic carbocycles. The number of hydrogen-bond acceptors (Lipinski definition) is 6. The summed E-state index contributed by atoms with van der Waals surface area (Å²) >= 11 is 0. The van der Waals surface area contributed by atoms with E-state index in [1.807, 2.05) is 0 Å². The molecule has 4 heterocycles. The zero-order chi connectivity index (χ0) is 17.7. The molecule has 4 rings (SSSR count). The van der Waals surface area contributed by atoms with Crippen molar-refractivity contribution >= 4 is 0 Å². The molecule has 5 N–H and O–H groups in total. The molecule has 0 atom stereocenters. The fraction of sp³-hybridized carbons (Fsp3) is 1.00. The lowest BCUT2D eigenvalue weighted by atomic mass is 10.2. The summed E-state index contributed by atoms with van der Waals surface area (Å²) < 4.78 is 5.01. The molecule has 0 amide bonds. The van der Waals surface area contributed by atoms with E-state index in [9.17, 15) is 0 Å². The first kappa shape index (κ1) is 22.8. The van der Waals surface area contributed by atoms with E-state index < -0.39 is 0 Å². The van der Waals surface area contributed by atoms with Crippen molar-refractivity contribution in [2.75, 3.05) is 78.7 Å². The molecule has 150 valence electrons. The van der Waals surface area contributed by atoms with Crippen LogP contribution in [-0.4, -0.2) is 78.7 Å². The van der Waals surface area contributed by atoms with E-state index in [1.165, 1.54) is 71.1 Å². The third-order valence-corrected chi connectivity index (χ3v) is 4.47. The predicted octanol–water partition coefficient (Wildman–Crippen LogP) is 0.695. The third-order valence-electron chi connectivity index (χ3n) is 4.47. The van der Waals surface area contributed by atoms with Crippen LogP contribution in [0.4, 0.5) is 0 Å². The van der Waals surface area contributed by atoms with Gasteiger partial charge in [-0.15, -0.1) is 0 Å². The molecular weight excluding hydrogens is 314 g/mol. The molecule has 0 aromatic carbocycles. The maximum atomic E-state index is 5.01. The first-order valence-corrected chi connectivity index (χ1v) is 10.6. The molecule has 25 heavy (non-hydrogen) atoms. The zero-order valence-corrected chi connectivity index (χ0v) is 16.3. The van der Waals surface area contributed by atoms with Gasteiger partial charge in [-0.05, 0) is 51.9 Å². The summed E-state index contributed by atoms with van der Waals surface area (Å²) in [5.41, 5.74) is 0. The summed E-state index contributed by atoms with van der Waals surface area (Å²) in [6.45, 7) is 13.4. The molecule has 0 saturated carbocycles. The molecule has 4 aliphatic heterocycles. The van der Waals surface area contributed by atoms with Crippen molar-refractivity contribution in [3.63, 3.8) is 0 Å². The standard InChI is InChI=1S/C6H13N.C5H11N.C4H10N2.C4H9NO/c1-2-4-6-7-5-3-1;1-2-4-6-5-3-1;1-2-6-4-3-5-1;1-3-6-4-2-5-1/h7H,1-6H2;6H,1-5H2;5-6H,1-4H2;5H,1-4H2. The maximum absolute atomic E-state index is 5.01. The lowest BCUT2D eigenvalue weighted by molar-refractivity contribution is 0.109. The van der Waals surface area contributed by atoms with Crippen molar-refractivity contribution in [2.24, 2.45) is 0 Å². The van der Waals surface area contributed by atoms with E-state index in [1.54, 1.807) is 0 Å². The van der Waals surface area contributed by atoms with Gasteiger partial charge < -0.3 is 31.3 Å². The largest absolute Gasteiger partial charge is 0.379 e. The van der Waals surface area contributed by atoms with Crippen LogP contribution in [0.15, 0.2) is 0 Å². The molecule has 0 unspecified atom stereocenters. The molecule has 4 saturated heterocycles. The number of piperidine rings is 1. The monoisotopic (exact) mass is 357 g/mol. The van der Waals surface area contributed by atoms with Crippen molar-refractivity contribution in [3.8, 4) is 0 Å². The lowest BCUT2D eigenvalue weighted by Gasteiger charge is -2.11. The van der Waals surface area contributed by atoms with Crippen molar-refractivity contribution in [3.05, 3.63) is 0 Å². The predicted molar refractivity (Wildman–Crippen MR) is 107 cm³/mol. The second kappa shape index (κ2) is 20.1. The minimum absolute atomic E-state index is 0.889. The Balaban J connectivity index is 0.000000167. The van der Waals surface area contributed by atoms with Gasteiger partial charge in [0.25, 0.3) is 0 Å². The van der Waals surface area contributed by atoms with E-state index in [-0.39, 0.29) is 0 Å². The minimum Gasteiger partial charge on any atom is -0.379 e. The maximum Gasteiger partial charge on any atom is 0.0591 e. The van der Waals surface area contributed by atoms with Crippen molar-refractivity contribution in [1.82, 2.24) is 26.6 Å². The summed E-state index contributed by atoms with van der Waals surface area (Å²) in [6.07, 6.45) is 9.87. The van der Waals surface area contributed by atoms with Crippen molar-refractivity contribution in [1.29, 1.82) is 0 Å². The molecule has 0 radical (unpaired) electrons. The van der Waals surface area contributed by atoms with Crippen LogP contribution >= 0.6 is 0 Å². The molecule has 4 aliphatic rings. The van der Waals surface area contributed by atoms with E-state index in [0.29, 0.717) is 0 Å². The van der Waals surface area contributed by atoms with Crippen LogP contribution in [0.25, 0.3) is 0 Å².